The Morgan fingerprint density at radius 1 is 1.07 bits per heavy atom. The number of amides is 2. The highest BCUT2D eigenvalue weighted by Gasteiger charge is 2.28. The highest BCUT2D eigenvalue weighted by atomic mass is 16.2. The van der Waals surface area contributed by atoms with E-state index in [0.717, 1.165) is 27.8 Å². The molecule has 0 spiro atoms. The molecule has 0 saturated heterocycles. The smallest absolute Gasteiger partial charge is 0.254 e. The Balaban J connectivity index is 1.50. The fourth-order valence-electron chi connectivity index (χ4n) is 3.41. The molecule has 0 bridgehead atoms. The molecule has 0 radical (unpaired) electrons. The fourth-order valence-corrected chi connectivity index (χ4v) is 3.41. The summed E-state index contributed by atoms with van der Waals surface area (Å²) in [6.45, 7) is 6.48. The van der Waals surface area contributed by atoms with Crippen LogP contribution in [0.2, 0.25) is 0 Å². The predicted octanol–water partition coefficient (Wildman–Crippen LogP) is 3.15. The van der Waals surface area contributed by atoms with Gasteiger partial charge >= 0.3 is 0 Å². The van der Waals surface area contributed by atoms with Gasteiger partial charge in [0.25, 0.3) is 5.91 Å². The van der Waals surface area contributed by atoms with Crippen LogP contribution in [-0.4, -0.2) is 33.2 Å². The molecule has 6 heteroatoms. The zero-order chi connectivity index (χ0) is 19.1. The van der Waals surface area contributed by atoms with E-state index in [-0.39, 0.29) is 18.4 Å². The molecule has 0 unspecified atom stereocenters. The molecule has 1 aliphatic rings. The molecule has 3 aromatic rings. The standard InChI is InChI=1S/C21H20N4O2/c1-12-13(2)16-8-9-18(24-20(16)22-14(12)3)23-19(26)11-25-10-15-6-4-5-7-17(15)21(25)27/h4-9H,10-11H2,1-3H3,(H,22,23,24,26). The van der Waals surface area contributed by atoms with Crippen molar-refractivity contribution in [2.75, 3.05) is 11.9 Å². The zero-order valence-electron chi connectivity index (χ0n) is 15.5. The molecule has 27 heavy (non-hydrogen) atoms. The first-order valence-corrected chi connectivity index (χ1v) is 8.85. The molecular weight excluding hydrogens is 340 g/mol. The van der Waals surface area contributed by atoms with Gasteiger partial charge in [-0.3, -0.25) is 9.59 Å². The molecule has 0 aliphatic carbocycles. The minimum atomic E-state index is -0.274. The van der Waals surface area contributed by atoms with Crippen LogP contribution in [0, 0.1) is 20.8 Å². The van der Waals surface area contributed by atoms with Gasteiger partial charge in [0.15, 0.2) is 5.65 Å². The molecule has 2 aromatic heterocycles. The van der Waals surface area contributed by atoms with Gasteiger partial charge in [0.2, 0.25) is 5.91 Å². The first-order chi connectivity index (χ1) is 12.9. The van der Waals surface area contributed by atoms with E-state index < -0.39 is 0 Å². The number of hydrogen-bond donors (Lipinski definition) is 1. The summed E-state index contributed by atoms with van der Waals surface area (Å²) in [5.74, 6) is 0.0472. The molecule has 3 heterocycles. The quantitative estimate of drug-likeness (QED) is 0.778. The molecule has 136 valence electrons. The van der Waals surface area contributed by atoms with Crippen LogP contribution in [0.4, 0.5) is 5.82 Å². The Bertz CT molecular complexity index is 1090. The number of carbonyl (C=O) groups excluding carboxylic acids is 2. The van der Waals surface area contributed by atoms with Crippen molar-refractivity contribution in [3.05, 3.63) is 64.3 Å². The number of nitrogens with one attached hydrogen (secondary N) is 1. The first-order valence-electron chi connectivity index (χ1n) is 8.85. The third-order valence-electron chi connectivity index (χ3n) is 5.16. The topological polar surface area (TPSA) is 75.2 Å². The average Bonchev–Trinajstić information content (AvgIpc) is 2.95. The molecule has 4 rings (SSSR count). The lowest BCUT2D eigenvalue weighted by Crippen LogP contribution is -2.33. The lowest BCUT2D eigenvalue weighted by molar-refractivity contribution is -0.116. The number of benzene rings is 1. The number of rotatable bonds is 3. The largest absolute Gasteiger partial charge is 0.325 e. The highest BCUT2D eigenvalue weighted by Crippen LogP contribution is 2.23. The summed E-state index contributed by atoms with van der Waals surface area (Å²) < 4.78 is 0. The van der Waals surface area contributed by atoms with Crippen molar-refractivity contribution in [3.63, 3.8) is 0 Å². The molecule has 6 nitrogen and oxygen atoms in total. The SMILES string of the molecule is Cc1nc2nc(NC(=O)CN3Cc4ccccc4C3=O)ccc2c(C)c1C. The molecule has 2 amide bonds. The predicted molar refractivity (Wildman–Crippen MR) is 104 cm³/mol. The van der Waals surface area contributed by atoms with Gasteiger partial charge in [0.05, 0.1) is 0 Å². The number of carbonyl (C=O) groups is 2. The lowest BCUT2D eigenvalue weighted by atomic mass is 10.1. The van der Waals surface area contributed by atoms with Crippen LogP contribution in [0.3, 0.4) is 0 Å². The van der Waals surface area contributed by atoms with Crippen molar-refractivity contribution in [2.45, 2.75) is 27.3 Å². The van der Waals surface area contributed by atoms with E-state index in [9.17, 15) is 9.59 Å². The maximum atomic E-state index is 12.4. The van der Waals surface area contributed by atoms with Gasteiger partial charge < -0.3 is 10.2 Å². The van der Waals surface area contributed by atoms with Crippen molar-refractivity contribution in [1.29, 1.82) is 0 Å². The van der Waals surface area contributed by atoms with E-state index in [1.807, 2.05) is 45.0 Å². The second kappa shape index (κ2) is 6.46. The monoisotopic (exact) mass is 360 g/mol. The fraction of sp³-hybridized carbons (Fsp3) is 0.238. The summed E-state index contributed by atoms with van der Waals surface area (Å²) >= 11 is 0. The molecule has 1 aliphatic heterocycles. The van der Waals surface area contributed by atoms with Crippen LogP contribution >= 0.6 is 0 Å². The number of aromatic nitrogens is 2. The van der Waals surface area contributed by atoms with E-state index in [1.54, 1.807) is 12.1 Å². The molecule has 0 saturated carbocycles. The van der Waals surface area contributed by atoms with E-state index >= 15 is 0 Å². The summed E-state index contributed by atoms with van der Waals surface area (Å²) in [5.41, 5.74) is 5.44. The van der Waals surface area contributed by atoms with Crippen molar-refractivity contribution < 1.29 is 9.59 Å². The third-order valence-corrected chi connectivity index (χ3v) is 5.16. The van der Waals surface area contributed by atoms with Crippen molar-refractivity contribution in [3.8, 4) is 0 Å². The van der Waals surface area contributed by atoms with Gasteiger partial charge in [0.1, 0.15) is 12.4 Å². The number of pyridine rings is 2. The Labute approximate surface area is 157 Å². The van der Waals surface area contributed by atoms with Crippen LogP contribution < -0.4 is 5.32 Å². The van der Waals surface area contributed by atoms with Gasteiger partial charge in [-0.2, -0.15) is 0 Å². The summed E-state index contributed by atoms with van der Waals surface area (Å²) in [4.78, 5) is 35.3. The second-order valence-corrected chi connectivity index (χ2v) is 6.88. The summed E-state index contributed by atoms with van der Waals surface area (Å²) in [5, 5.41) is 3.75. The zero-order valence-corrected chi connectivity index (χ0v) is 15.5. The van der Waals surface area contributed by atoms with Gasteiger partial charge in [-0.1, -0.05) is 18.2 Å². The molecular formula is C21H20N4O2. The number of fused-ring (bicyclic) bond motifs is 2. The minimum Gasteiger partial charge on any atom is -0.325 e. The van der Waals surface area contributed by atoms with Crippen LogP contribution in [0.5, 0.6) is 0 Å². The number of hydrogen-bond acceptors (Lipinski definition) is 4. The van der Waals surface area contributed by atoms with E-state index in [0.29, 0.717) is 23.6 Å². The van der Waals surface area contributed by atoms with Crippen LogP contribution in [0.1, 0.15) is 32.7 Å². The molecule has 0 atom stereocenters. The summed E-state index contributed by atoms with van der Waals surface area (Å²) in [6, 6.07) is 11.1. The Hall–Kier alpha value is -3.28. The van der Waals surface area contributed by atoms with Crippen LogP contribution in [-0.2, 0) is 11.3 Å². The van der Waals surface area contributed by atoms with Gasteiger partial charge in [-0.15, -0.1) is 0 Å². The Morgan fingerprint density at radius 2 is 1.85 bits per heavy atom. The second-order valence-electron chi connectivity index (χ2n) is 6.88. The number of nitrogens with zero attached hydrogens (tertiary/aromatic N) is 3. The van der Waals surface area contributed by atoms with Crippen LogP contribution in [0.15, 0.2) is 36.4 Å². The Morgan fingerprint density at radius 3 is 2.63 bits per heavy atom. The average molecular weight is 360 g/mol. The van der Waals surface area contributed by atoms with E-state index in [2.05, 4.69) is 15.3 Å². The van der Waals surface area contributed by atoms with Crippen molar-refractivity contribution >= 4 is 28.7 Å². The maximum absolute atomic E-state index is 12.4. The summed E-state index contributed by atoms with van der Waals surface area (Å²) in [7, 11) is 0. The molecule has 1 N–H and O–H groups in total. The van der Waals surface area contributed by atoms with E-state index in [4.69, 9.17) is 0 Å². The lowest BCUT2D eigenvalue weighted by Gasteiger charge is -2.15. The normalized spacial score (nSPS) is 13.1. The van der Waals surface area contributed by atoms with Gasteiger partial charge in [-0.25, -0.2) is 9.97 Å². The first kappa shape index (κ1) is 17.1. The van der Waals surface area contributed by atoms with Crippen LogP contribution in [0.25, 0.3) is 11.0 Å². The molecule has 0 fully saturated rings. The van der Waals surface area contributed by atoms with Gasteiger partial charge in [-0.05, 0) is 55.7 Å². The maximum Gasteiger partial charge on any atom is 0.254 e. The van der Waals surface area contributed by atoms with Crippen molar-refractivity contribution in [1.82, 2.24) is 14.9 Å². The highest BCUT2D eigenvalue weighted by molar-refractivity contribution is 6.02. The molecule has 1 aromatic carbocycles. The third kappa shape index (κ3) is 3.03. The Kier molecular flexibility index (Phi) is 4.11. The number of anilines is 1. The van der Waals surface area contributed by atoms with Gasteiger partial charge in [0, 0.05) is 23.2 Å². The van der Waals surface area contributed by atoms with Crippen molar-refractivity contribution in [2.24, 2.45) is 0 Å². The minimum absolute atomic E-state index is 0.00733. The number of aryl methyl sites for hydroxylation is 2. The van der Waals surface area contributed by atoms with E-state index in [1.165, 1.54) is 4.90 Å². The summed E-state index contributed by atoms with van der Waals surface area (Å²) in [6.07, 6.45) is 0.